The van der Waals surface area contributed by atoms with E-state index in [9.17, 15) is 35.9 Å². The number of carbonyl (C=O) groups excluding carboxylic acids is 1. The quantitative estimate of drug-likeness (QED) is 0.507. The second kappa shape index (κ2) is 10.7. The number of aromatic amines is 1. The van der Waals surface area contributed by atoms with Crippen molar-refractivity contribution >= 4 is 17.5 Å². The Hall–Kier alpha value is -3.43. The number of aromatic nitrogens is 4. The van der Waals surface area contributed by atoms with Crippen molar-refractivity contribution in [2.45, 2.75) is 56.7 Å². The standard InChI is InChI=1S/C22H25F6N7O3/c1-12(32-15-10-31-33-18(36)17(15)22(26,27)28)11-38-16-4-7-35(19(16)37)14-2-5-34(6-3-14)20-29-8-13(9-30-20)21(23,24)25/h8-10,12,14,16H,2-7,11H2,1H3,(H2,32,33,36). The molecule has 2 N–H and O–H groups in total. The molecule has 2 aromatic rings. The van der Waals surface area contributed by atoms with Crippen molar-refractivity contribution in [3.05, 3.63) is 40.1 Å². The van der Waals surface area contributed by atoms with Crippen LogP contribution in [0.25, 0.3) is 0 Å². The predicted molar refractivity (Wildman–Crippen MR) is 121 cm³/mol. The van der Waals surface area contributed by atoms with Gasteiger partial charge in [0.25, 0.3) is 11.5 Å². The number of ether oxygens (including phenoxy) is 1. The number of carbonyl (C=O) groups is 1. The number of piperidine rings is 1. The third kappa shape index (κ3) is 6.16. The molecule has 0 radical (unpaired) electrons. The highest BCUT2D eigenvalue weighted by Crippen LogP contribution is 2.32. The van der Waals surface area contributed by atoms with Crippen LogP contribution in [-0.4, -0.2) is 75.4 Å². The maximum Gasteiger partial charge on any atom is 0.423 e. The average Bonchev–Trinajstić information content (AvgIpc) is 3.21. The number of likely N-dealkylation sites (tertiary alicyclic amines) is 1. The third-order valence-electron chi connectivity index (χ3n) is 6.43. The summed E-state index contributed by atoms with van der Waals surface area (Å²) < 4.78 is 83.5. The Bertz CT molecular complexity index is 1180. The van der Waals surface area contributed by atoms with Gasteiger partial charge in [-0.15, -0.1) is 0 Å². The normalized spacial score (nSPS) is 20.2. The first kappa shape index (κ1) is 27.6. The van der Waals surface area contributed by atoms with Gasteiger partial charge in [-0.3, -0.25) is 9.59 Å². The molecule has 0 bridgehead atoms. The van der Waals surface area contributed by atoms with Gasteiger partial charge in [-0.25, -0.2) is 15.1 Å². The summed E-state index contributed by atoms with van der Waals surface area (Å²) in [5, 5.41) is 7.73. The zero-order valence-electron chi connectivity index (χ0n) is 20.1. The molecule has 2 atom stereocenters. The summed E-state index contributed by atoms with van der Waals surface area (Å²) in [6.07, 6.45) is -6.26. The van der Waals surface area contributed by atoms with Crippen molar-refractivity contribution in [3.63, 3.8) is 0 Å². The van der Waals surface area contributed by atoms with Gasteiger partial charge < -0.3 is 19.9 Å². The van der Waals surface area contributed by atoms with E-state index in [1.165, 1.54) is 0 Å². The minimum Gasteiger partial charge on any atom is -0.378 e. The monoisotopic (exact) mass is 549 g/mol. The fraction of sp³-hybridized carbons (Fsp3) is 0.591. The van der Waals surface area contributed by atoms with Gasteiger partial charge in [-0.05, 0) is 19.8 Å². The van der Waals surface area contributed by atoms with E-state index in [-0.39, 0.29) is 24.5 Å². The number of hydrogen-bond acceptors (Lipinski definition) is 8. The van der Waals surface area contributed by atoms with Gasteiger partial charge >= 0.3 is 12.4 Å². The van der Waals surface area contributed by atoms with Gasteiger partial charge in [0.15, 0.2) is 0 Å². The van der Waals surface area contributed by atoms with Gasteiger partial charge in [0.2, 0.25) is 5.95 Å². The lowest BCUT2D eigenvalue weighted by Gasteiger charge is -2.36. The summed E-state index contributed by atoms with van der Waals surface area (Å²) in [5.41, 5.74) is -4.17. The Labute approximate surface area is 212 Å². The topological polar surface area (TPSA) is 116 Å². The van der Waals surface area contributed by atoms with E-state index in [0.29, 0.717) is 38.9 Å². The minimum atomic E-state index is -4.88. The van der Waals surface area contributed by atoms with Crippen LogP contribution < -0.4 is 15.8 Å². The number of rotatable bonds is 7. The molecule has 2 aromatic heterocycles. The van der Waals surface area contributed by atoms with E-state index < -0.39 is 46.9 Å². The molecule has 0 aromatic carbocycles. The van der Waals surface area contributed by atoms with Gasteiger partial charge in [-0.2, -0.15) is 31.4 Å². The third-order valence-corrected chi connectivity index (χ3v) is 6.43. The highest BCUT2D eigenvalue weighted by molar-refractivity contribution is 5.83. The number of nitrogens with zero attached hydrogens (tertiary/aromatic N) is 5. The van der Waals surface area contributed by atoms with Crippen molar-refractivity contribution in [1.82, 2.24) is 25.1 Å². The highest BCUT2D eigenvalue weighted by Gasteiger charge is 2.40. The molecular weight excluding hydrogens is 524 g/mol. The van der Waals surface area contributed by atoms with E-state index in [0.717, 1.165) is 18.6 Å². The van der Waals surface area contributed by atoms with Crippen LogP contribution in [0.15, 0.2) is 23.4 Å². The predicted octanol–water partition coefficient (Wildman–Crippen LogP) is 2.68. The Morgan fingerprint density at radius 1 is 1.03 bits per heavy atom. The minimum absolute atomic E-state index is 0.0853. The Kier molecular flexibility index (Phi) is 7.80. The van der Waals surface area contributed by atoms with Crippen molar-refractivity contribution in [3.8, 4) is 0 Å². The number of amides is 1. The molecule has 2 fully saturated rings. The van der Waals surface area contributed by atoms with E-state index in [2.05, 4.69) is 20.4 Å². The Morgan fingerprint density at radius 2 is 1.68 bits per heavy atom. The van der Waals surface area contributed by atoms with Crippen molar-refractivity contribution in [2.75, 3.05) is 36.5 Å². The molecule has 4 rings (SSSR count). The number of alkyl halides is 6. The lowest BCUT2D eigenvalue weighted by molar-refractivity contribution is -0.139. The van der Waals surface area contributed by atoms with Gasteiger partial charge in [-0.1, -0.05) is 0 Å². The molecule has 208 valence electrons. The molecule has 2 unspecified atom stereocenters. The van der Waals surface area contributed by atoms with E-state index >= 15 is 0 Å². The van der Waals surface area contributed by atoms with Gasteiger partial charge in [0.05, 0.1) is 24.1 Å². The number of halogens is 6. The zero-order valence-corrected chi connectivity index (χ0v) is 20.1. The van der Waals surface area contributed by atoms with Crippen LogP contribution in [0.1, 0.15) is 37.3 Å². The molecule has 2 saturated heterocycles. The van der Waals surface area contributed by atoms with Crippen molar-refractivity contribution in [1.29, 1.82) is 0 Å². The average molecular weight is 549 g/mol. The van der Waals surface area contributed by atoms with Crippen LogP contribution >= 0.6 is 0 Å². The maximum atomic E-state index is 13.2. The number of hydrogen-bond donors (Lipinski definition) is 2. The summed E-state index contributed by atoms with van der Waals surface area (Å²) >= 11 is 0. The molecule has 2 aliphatic heterocycles. The molecule has 0 aliphatic carbocycles. The lowest BCUT2D eigenvalue weighted by atomic mass is 10.0. The molecule has 1 amide bonds. The zero-order chi connectivity index (χ0) is 27.7. The molecule has 16 heteroatoms. The van der Waals surface area contributed by atoms with Crippen LogP contribution in [-0.2, 0) is 21.9 Å². The molecule has 0 spiro atoms. The summed E-state index contributed by atoms with van der Waals surface area (Å²) in [7, 11) is 0. The summed E-state index contributed by atoms with van der Waals surface area (Å²) in [5.74, 6) is -0.0357. The van der Waals surface area contributed by atoms with E-state index in [4.69, 9.17) is 4.74 Å². The fourth-order valence-electron chi connectivity index (χ4n) is 4.56. The van der Waals surface area contributed by atoms with Crippen LogP contribution in [0, 0.1) is 0 Å². The van der Waals surface area contributed by atoms with Gasteiger partial charge in [0, 0.05) is 50.5 Å². The van der Waals surface area contributed by atoms with Crippen LogP contribution in [0.5, 0.6) is 0 Å². The summed E-state index contributed by atoms with van der Waals surface area (Å²) in [6, 6.07) is -0.748. The largest absolute Gasteiger partial charge is 0.423 e. The van der Waals surface area contributed by atoms with Crippen molar-refractivity contribution in [2.24, 2.45) is 0 Å². The first-order chi connectivity index (χ1) is 17.8. The highest BCUT2D eigenvalue weighted by atomic mass is 19.4. The summed E-state index contributed by atoms with van der Waals surface area (Å²) in [4.78, 5) is 35.6. The second-order valence-corrected chi connectivity index (χ2v) is 9.16. The molecule has 4 heterocycles. The molecule has 10 nitrogen and oxygen atoms in total. The van der Waals surface area contributed by atoms with Crippen LogP contribution in [0.4, 0.5) is 38.0 Å². The number of nitrogens with one attached hydrogen (secondary N) is 2. The Morgan fingerprint density at radius 3 is 2.29 bits per heavy atom. The molecular formula is C22H25F6N7O3. The fourth-order valence-corrected chi connectivity index (χ4v) is 4.56. The first-order valence-electron chi connectivity index (χ1n) is 11.8. The molecule has 2 aliphatic rings. The number of H-pyrrole nitrogens is 1. The van der Waals surface area contributed by atoms with Crippen molar-refractivity contribution < 1.29 is 35.9 Å². The van der Waals surface area contributed by atoms with Crippen LogP contribution in [0.3, 0.4) is 0 Å². The molecule has 38 heavy (non-hydrogen) atoms. The lowest BCUT2D eigenvalue weighted by Crippen LogP contribution is -2.47. The van der Waals surface area contributed by atoms with Crippen LogP contribution in [0.2, 0.25) is 0 Å². The second-order valence-electron chi connectivity index (χ2n) is 9.16. The van der Waals surface area contributed by atoms with E-state index in [1.807, 2.05) is 0 Å². The van der Waals surface area contributed by atoms with Gasteiger partial charge in [0.1, 0.15) is 11.7 Å². The summed E-state index contributed by atoms with van der Waals surface area (Å²) in [6.45, 7) is 2.83. The van der Waals surface area contributed by atoms with E-state index in [1.54, 1.807) is 21.8 Å². The molecule has 0 saturated carbocycles. The maximum absolute atomic E-state index is 13.2. The Balaban J connectivity index is 1.27. The SMILES string of the molecule is CC(COC1CCN(C2CCN(c3ncc(C(F)(F)F)cn3)CC2)C1=O)Nc1cn[nH]c(=O)c1C(F)(F)F. The number of anilines is 2. The smallest absolute Gasteiger partial charge is 0.378 e. The first-order valence-corrected chi connectivity index (χ1v) is 11.8.